The minimum absolute atomic E-state index is 0.474. The predicted octanol–water partition coefficient (Wildman–Crippen LogP) is 4.05. The summed E-state index contributed by atoms with van der Waals surface area (Å²) in [6.45, 7) is 2.04. The number of aryl methyl sites for hydroxylation is 1. The number of fused-ring (bicyclic) bond motifs is 1. The average molecular weight is 393 g/mol. The van der Waals surface area contributed by atoms with E-state index in [0.29, 0.717) is 22.7 Å². The van der Waals surface area contributed by atoms with Crippen molar-refractivity contribution in [3.05, 3.63) is 66.4 Å². The van der Waals surface area contributed by atoms with Crippen molar-refractivity contribution in [3.8, 4) is 11.4 Å². The lowest BCUT2D eigenvalue weighted by atomic mass is 10.1. The van der Waals surface area contributed by atoms with Crippen LogP contribution < -0.4 is 10.0 Å². The van der Waals surface area contributed by atoms with Gasteiger partial charge in [-0.15, -0.1) is 0 Å². The molecule has 142 valence electrons. The quantitative estimate of drug-likeness (QED) is 0.475. The first-order valence-electron chi connectivity index (χ1n) is 8.64. The lowest BCUT2D eigenvalue weighted by Gasteiger charge is -2.09. The summed E-state index contributed by atoms with van der Waals surface area (Å²) >= 11 is 0. The normalized spacial score (nSPS) is 11.5. The lowest BCUT2D eigenvalue weighted by molar-refractivity contribution is 0.607. The smallest absolute Gasteiger partial charge is 0.229 e. The lowest BCUT2D eigenvalue weighted by Crippen LogP contribution is -2.09. The zero-order valence-electron chi connectivity index (χ0n) is 15.4. The van der Waals surface area contributed by atoms with E-state index in [2.05, 4.69) is 26.1 Å². The molecule has 0 fully saturated rings. The van der Waals surface area contributed by atoms with E-state index >= 15 is 0 Å². The van der Waals surface area contributed by atoms with Crippen LogP contribution in [0, 0.1) is 6.92 Å². The number of hydrogen-bond acceptors (Lipinski definition) is 5. The number of aromatic nitrogens is 3. The van der Waals surface area contributed by atoms with Gasteiger partial charge < -0.3 is 10.3 Å². The van der Waals surface area contributed by atoms with Crippen molar-refractivity contribution in [2.75, 3.05) is 16.3 Å². The highest BCUT2D eigenvalue weighted by atomic mass is 32.2. The van der Waals surface area contributed by atoms with Gasteiger partial charge in [0.1, 0.15) is 11.3 Å². The second kappa shape index (κ2) is 6.97. The van der Waals surface area contributed by atoms with Crippen molar-refractivity contribution < 1.29 is 8.42 Å². The molecule has 0 amide bonds. The largest absolute Gasteiger partial charge is 0.338 e. The Labute approximate surface area is 162 Å². The minimum atomic E-state index is -3.34. The van der Waals surface area contributed by atoms with Crippen LogP contribution in [0.3, 0.4) is 0 Å². The summed E-state index contributed by atoms with van der Waals surface area (Å²) < 4.78 is 25.4. The van der Waals surface area contributed by atoms with Gasteiger partial charge in [-0.05, 0) is 37.3 Å². The molecule has 0 aliphatic carbocycles. The average Bonchev–Trinajstić information content (AvgIpc) is 3.06. The van der Waals surface area contributed by atoms with Gasteiger partial charge in [-0.2, -0.15) is 0 Å². The van der Waals surface area contributed by atoms with Crippen LogP contribution >= 0.6 is 0 Å². The third-order valence-corrected chi connectivity index (χ3v) is 4.73. The highest BCUT2D eigenvalue weighted by Crippen LogP contribution is 2.27. The number of anilines is 3. The Balaban J connectivity index is 1.69. The molecule has 2 heterocycles. The molecular weight excluding hydrogens is 374 g/mol. The van der Waals surface area contributed by atoms with Gasteiger partial charge in [-0.25, -0.2) is 18.4 Å². The number of nitrogens with one attached hydrogen (secondary N) is 3. The molecule has 7 nitrogen and oxygen atoms in total. The summed E-state index contributed by atoms with van der Waals surface area (Å²) in [5, 5.41) is 3.22. The zero-order valence-corrected chi connectivity index (χ0v) is 16.2. The first-order valence-corrected chi connectivity index (χ1v) is 10.5. The fourth-order valence-corrected chi connectivity index (χ4v) is 3.52. The van der Waals surface area contributed by atoms with Crippen LogP contribution in [0.2, 0.25) is 0 Å². The molecule has 0 atom stereocenters. The van der Waals surface area contributed by atoms with Gasteiger partial charge >= 0.3 is 0 Å². The molecule has 0 saturated carbocycles. The van der Waals surface area contributed by atoms with E-state index in [1.807, 2.05) is 37.3 Å². The molecule has 0 saturated heterocycles. The van der Waals surface area contributed by atoms with E-state index in [1.54, 1.807) is 24.4 Å². The van der Waals surface area contributed by atoms with E-state index in [-0.39, 0.29) is 0 Å². The first kappa shape index (κ1) is 18.0. The maximum atomic E-state index is 11.4. The number of benzene rings is 2. The summed E-state index contributed by atoms with van der Waals surface area (Å²) in [4.78, 5) is 12.4. The number of hydrogen-bond donors (Lipinski definition) is 3. The monoisotopic (exact) mass is 393 g/mol. The molecule has 2 aromatic carbocycles. The van der Waals surface area contributed by atoms with Crippen molar-refractivity contribution in [1.29, 1.82) is 0 Å². The SMILES string of the molecule is Cc1cccc(-c2nc3c(Nc4cccc(NS(C)(=O)=O)c4)nccc3[nH]2)c1. The molecule has 3 N–H and O–H groups in total. The summed E-state index contributed by atoms with van der Waals surface area (Å²) in [5.41, 5.74) is 4.90. The van der Waals surface area contributed by atoms with Crippen LogP contribution in [0.1, 0.15) is 5.56 Å². The molecular formula is C20H19N5O2S. The van der Waals surface area contributed by atoms with Gasteiger partial charge in [-0.3, -0.25) is 4.72 Å². The summed E-state index contributed by atoms with van der Waals surface area (Å²) in [5.74, 6) is 1.35. The molecule has 28 heavy (non-hydrogen) atoms. The summed E-state index contributed by atoms with van der Waals surface area (Å²) in [6.07, 6.45) is 2.81. The number of rotatable bonds is 5. The number of imidazole rings is 1. The third-order valence-electron chi connectivity index (χ3n) is 4.12. The molecule has 2 aromatic heterocycles. The summed E-state index contributed by atoms with van der Waals surface area (Å²) in [7, 11) is -3.34. The Hall–Kier alpha value is -3.39. The van der Waals surface area contributed by atoms with Gasteiger partial charge in [0, 0.05) is 17.4 Å². The molecule has 0 aliphatic rings. The Morgan fingerprint density at radius 3 is 2.57 bits per heavy atom. The van der Waals surface area contributed by atoms with Gasteiger partial charge in [0.15, 0.2) is 5.82 Å². The topological polar surface area (TPSA) is 99.8 Å². The fourth-order valence-electron chi connectivity index (χ4n) is 2.97. The van der Waals surface area contributed by atoms with Crippen molar-refractivity contribution in [1.82, 2.24) is 15.0 Å². The number of pyridine rings is 1. The molecule has 0 aliphatic heterocycles. The van der Waals surface area contributed by atoms with Gasteiger partial charge in [0.05, 0.1) is 17.5 Å². The fraction of sp³-hybridized carbons (Fsp3) is 0.100. The number of nitrogens with zero attached hydrogens (tertiary/aromatic N) is 2. The second-order valence-corrected chi connectivity index (χ2v) is 8.34. The van der Waals surface area contributed by atoms with Crippen LogP contribution in [0.5, 0.6) is 0 Å². The molecule has 4 aromatic rings. The Morgan fingerprint density at radius 2 is 1.79 bits per heavy atom. The zero-order chi connectivity index (χ0) is 19.7. The molecule has 0 radical (unpaired) electrons. The van der Waals surface area contributed by atoms with E-state index in [4.69, 9.17) is 4.98 Å². The van der Waals surface area contributed by atoms with Crippen LogP contribution in [0.4, 0.5) is 17.2 Å². The Morgan fingerprint density at radius 1 is 1.00 bits per heavy atom. The Bertz CT molecular complexity index is 1260. The highest BCUT2D eigenvalue weighted by Gasteiger charge is 2.11. The van der Waals surface area contributed by atoms with E-state index in [0.717, 1.165) is 28.7 Å². The number of aromatic amines is 1. The minimum Gasteiger partial charge on any atom is -0.338 e. The van der Waals surface area contributed by atoms with Gasteiger partial charge in [0.25, 0.3) is 0 Å². The molecule has 4 rings (SSSR count). The Kier molecular flexibility index (Phi) is 4.48. The summed E-state index contributed by atoms with van der Waals surface area (Å²) in [6, 6.07) is 17.0. The van der Waals surface area contributed by atoms with Crippen LogP contribution in [-0.4, -0.2) is 29.6 Å². The first-order chi connectivity index (χ1) is 13.4. The molecule has 0 spiro atoms. The van der Waals surface area contributed by atoms with Crippen molar-refractivity contribution in [2.24, 2.45) is 0 Å². The van der Waals surface area contributed by atoms with E-state index < -0.39 is 10.0 Å². The molecule has 8 heteroatoms. The molecule has 0 unspecified atom stereocenters. The highest BCUT2D eigenvalue weighted by molar-refractivity contribution is 7.92. The van der Waals surface area contributed by atoms with Gasteiger partial charge in [0.2, 0.25) is 10.0 Å². The number of H-pyrrole nitrogens is 1. The third kappa shape index (κ3) is 3.96. The van der Waals surface area contributed by atoms with Crippen LogP contribution in [0.15, 0.2) is 60.8 Å². The van der Waals surface area contributed by atoms with E-state index in [1.165, 1.54) is 0 Å². The maximum absolute atomic E-state index is 11.4. The van der Waals surface area contributed by atoms with Crippen LogP contribution in [-0.2, 0) is 10.0 Å². The molecule has 0 bridgehead atoms. The second-order valence-electron chi connectivity index (χ2n) is 6.59. The number of sulfonamides is 1. The van der Waals surface area contributed by atoms with Crippen molar-refractivity contribution >= 4 is 38.2 Å². The van der Waals surface area contributed by atoms with Crippen LogP contribution in [0.25, 0.3) is 22.4 Å². The van der Waals surface area contributed by atoms with Crippen molar-refractivity contribution in [3.63, 3.8) is 0 Å². The standard InChI is InChI=1S/C20H19N5O2S/c1-13-5-3-6-14(11-13)19-23-17-9-10-21-20(18(17)24-19)22-15-7-4-8-16(12-15)25-28(2,26)27/h3-12,25H,1-2H3,(H,21,22)(H,23,24). The maximum Gasteiger partial charge on any atom is 0.229 e. The predicted molar refractivity (Wildman–Crippen MR) is 112 cm³/mol. The van der Waals surface area contributed by atoms with Gasteiger partial charge in [-0.1, -0.05) is 29.8 Å². The van der Waals surface area contributed by atoms with E-state index in [9.17, 15) is 8.42 Å². The van der Waals surface area contributed by atoms with Crippen molar-refractivity contribution in [2.45, 2.75) is 6.92 Å².